The SMILES string of the molecule is CCOCCOCC#Cc1cccc(-c2cccc(C#CCOCCOCC)c2C(=O)O)c1C(=O)O. The van der Waals surface area contributed by atoms with Crippen molar-refractivity contribution in [3.63, 3.8) is 0 Å². The second-order valence-corrected chi connectivity index (χ2v) is 7.17. The molecule has 0 saturated carbocycles. The number of rotatable bonds is 13. The zero-order chi connectivity index (χ0) is 26.2. The maximum Gasteiger partial charge on any atom is 0.337 e. The van der Waals surface area contributed by atoms with E-state index in [4.69, 9.17) is 18.9 Å². The third-order valence-electron chi connectivity index (χ3n) is 4.79. The van der Waals surface area contributed by atoms with Crippen molar-refractivity contribution in [2.24, 2.45) is 0 Å². The highest BCUT2D eigenvalue weighted by atomic mass is 16.5. The van der Waals surface area contributed by atoms with E-state index in [2.05, 4.69) is 23.7 Å². The normalized spacial score (nSPS) is 10.2. The van der Waals surface area contributed by atoms with Gasteiger partial charge in [0.1, 0.15) is 13.2 Å². The van der Waals surface area contributed by atoms with Crippen LogP contribution in [0.25, 0.3) is 11.1 Å². The lowest BCUT2D eigenvalue weighted by Crippen LogP contribution is -2.08. The van der Waals surface area contributed by atoms with E-state index in [1.807, 2.05) is 13.8 Å². The molecule has 0 aliphatic rings. The Morgan fingerprint density at radius 1 is 0.667 bits per heavy atom. The lowest BCUT2D eigenvalue weighted by Gasteiger charge is -2.12. The molecular weight excluding hydrogens is 464 g/mol. The lowest BCUT2D eigenvalue weighted by atomic mass is 9.90. The number of carboxylic acids is 2. The standard InChI is InChI=1S/C28H30O8/c1-3-33-17-19-35-15-7-11-21-9-5-13-23(25(21)27(29)30)24-14-6-10-22(26(24)28(31)32)12-8-16-36-20-18-34-4-2/h5-6,9-10,13-14H,3-4,15-20H2,1-2H3,(H,29,30)(H,31,32). The Kier molecular flexibility index (Phi) is 12.8. The van der Waals surface area contributed by atoms with Crippen LogP contribution in [-0.4, -0.2) is 75.0 Å². The van der Waals surface area contributed by atoms with Gasteiger partial charge in [0, 0.05) is 24.3 Å². The topological polar surface area (TPSA) is 112 Å². The smallest absolute Gasteiger partial charge is 0.337 e. The predicted octanol–water partition coefficient (Wildman–Crippen LogP) is 3.56. The van der Waals surface area contributed by atoms with Gasteiger partial charge in [0.05, 0.1) is 37.6 Å². The molecule has 36 heavy (non-hydrogen) atoms. The van der Waals surface area contributed by atoms with Gasteiger partial charge in [0.2, 0.25) is 0 Å². The third kappa shape index (κ3) is 8.84. The van der Waals surface area contributed by atoms with Gasteiger partial charge in [-0.3, -0.25) is 0 Å². The Morgan fingerprint density at radius 2 is 1.06 bits per heavy atom. The molecule has 2 aromatic carbocycles. The van der Waals surface area contributed by atoms with Crippen molar-refractivity contribution in [1.82, 2.24) is 0 Å². The molecule has 0 aromatic heterocycles. The van der Waals surface area contributed by atoms with Crippen LogP contribution < -0.4 is 0 Å². The summed E-state index contributed by atoms with van der Waals surface area (Å²) in [7, 11) is 0. The van der Waals surface area contributed by atoms with Crippen molar-refractivity contribution < 1.29 is 38.7 Å². The van der Waals surface area contributed by atoms with Crippen LogP contribution in [0.3, 0.4) is 0 Å². The summed E-state index contributed by atoms with van der Waals surface area (Å²) in [5, 5.41) is 19.9. The molecule has 8 nitrogen and oxygen atoms in total. The first-order valence-electron chi connectivity index (χ1n) is 11.5. The summed E-state index contributed by atoms with van der Waals surface area (Å²) in [6.45, 7) is 6.83. The van der Waals surface area contributed by atoms with Crippen LogP contribution in [0.15, 0.2) is 36.4 Å². The Bertz CT molecular complexity index is 1060. The molecule has 0 atom stereocenters. The van der Waals surface area contributed by atoms with Crippen LogP contribution in [0, 0.1) is 23.7 Å². The van der Waals surface area contributed by atoms with Crippen molar-refractivity contribution in [3.8, 4) is 34.8 Å². The molecule has 0 bridgehead atoms. The van der Waals surface area contributed by atoms with E-state index < -0.39 is 11.9 Å². The van der Waals surface area contributed by atoms with Gasteiger partial charge in [0.25, 0.3) is 0 Å². The molecule has 0 radical (unpaired) electrons. The summed E-state index contributed by atoms with van der Waals surface area (Å²) in [5.74, 6) is 8.81. The summed E-state index contributed by atoms with van der Waals surface area (Å²) in [4.78, 5) is 24.4. The molecule has 0 aliphatic heterocycles. The number of aromatic carboxylic acids is 2. The number of carboxylic acid groups (broad SMARTS) is 2. The predicted molar refractivity (Wildman–Crippen MR) is 134 cm³/mol. The van der Waals surface area contributed by atoms with Gasteiger partial charge in [-0.25, -0.2) is 9.59 Å². The van der Waals surface area contributed by atoms with E-state index in [9.17, 15) is 19.8 Å². The van der Waals surface area contributed by atoms with Gasteiger partial charge in [-0.15, -0.1) is 0 Å². The summed E-state index contributed by atoms with van der Waals surface area (Å²) in [5.41, 5.74) is 0.798. The van der Waals surface area contributed by atoms with E-state index in [0.29, 0.717) is 39.6 Å². The van der Waals surface area contributed by atoms with Crippen molar-refractivity contribution in [3.05, 3.63) is 58.7 Å². The van der Waals surface area contributed by atoms with E-state index in [1.165, 1.54) is 0 Å². The van der Waals surface area contributed by atoms with Gasteiger partial charge in [-0.05, 0) is 37.1 Å². The molecule has 0 heterocycles. The van der Waals surface area contributed by atoms with Crippen LogP contribution in [0.5, 0.6) is 0 Å². The zero-order valence-corrected chi connectivity index (χ0v) is 20.5. The molecule has 190 valence electrons. The number of hydrogen-bond donors (Lipinski definition) is 2. The summed E-state index contributed by atoms with van der Waals surface area (Å²) < 4.78 is 21.1. The fourth-order valence-electron chi connectivity index (χ4n) is 3.26. The van der Waals surface area contributed by atoms with Crippen LogP contribution >= 0.6 is 0 Å². The molecule has 0 fully saturated rings. The molecule has 0 unspecified atom stereocenters. The summed E-state index contributed by atoms with van der Waals surface area (Å²) >= 11 is 0. The minimum atomic E-state index is -1.22. The first kappa shape index (κ1) is 28.6. The van der Waals surface area contributed by atoms with Crippen molar-refractivity contribution >= 4 is 11.9 Å². The second kappa shape index (κ2) is 16.1. The number of hydrogen-bond acceptors (Lipinski definition) is 6. The lowest BCUT2D eigenvalue weighted by molar-refractivity contribution is 0.0662. The molecule has 2 rings (SSSR count). The van der Waals surface area contributed by atoms with Gasteiger partial charge in [0.15, 0.2) is 0 Å². The van der Waals surface area contributed by atoms with Crippen molar-refractivity contribution in [2.45, 2.75) is 13.8 Å². The summed E-state index contributed by atoms with van der Waals surface area (Å²) in [6, 6.07) is 9.54. The molecule has 0 amide bonds. The Hall–Kier alpha value is -3.66. The van der Waals surface area contributed by atoms with E-state index in [1.54, 1.807) is 36.4 Å². The van der Waals surface area contributed by atoms with Gasteiger partial charge < -0.3 is 29.2 Å². The van der Waals surface area contributed by atoms with Gasteiger partial charge >= 0.3 is 11.9 Å². The van der Waals surface area contributed by atoms with Crippen LogP contribution in [0.4, 0.5) is 0 Å². The summed E-state index contributed by atoms with van der Waals surface area (Å²) in [6.07, 6.45) is 0. The Morgan fingerprint density at radius 3 is 1.42 bits per heavy atom. The van der Waals surface area contributed by atoms with E-state index >= 15 is 0 Å². The minimum absolute atomic E-state index is 0.0915. The second-order valence-electron chi connectivity index (χ2n) is 7.17. The fourth-order valence-corrected chi connectivity index (χ4v) is 3.26. The highest BCUT2D eigenvalue weighted by molar-refractivity contribution is 6.04. The number of ether oxygens (including phenoxy) is 4. The molecule has 0 aliphatic carbocycles. The average molecular weight is 495 g/mol. The first-order valence-corrected chi connectivity index (χ1v) is 11.5. The third-order valence-corrected chi connectivity index (χ3v) is 4.79. The molecule has 0 saturated heterocycles. The first-order chi connectivity index (χ1) is 17.5. The zero-order valence-electron chi connectivity index (χ0n) is 20.5. The fraction of sp³-hybridized carbons (Fsp3) is 0.357. The van der Waals surface area contributed by atoms with E-state index in [0.717, 1.165) is 0 Å². The van der Waals surface area contributed by atoms with Crippen LogP contribution in [0.1, 0.15) is 45.7 Å². The quantitative estimate of drug-likeness (QED) is 0.321. The number of carbonyl (C=O) groups is 2. The average Bonchev–Trinajstić information content (AvgIpc) is 2.87. The molecule has 0 spiro atoms. The molecule has 2 aromatic rings. The maximum absolute atomic E-state index is 12.2. The minimum Gasteiger partial charge on any atom is -0.478 e. The molecule has 8 heteroatoms. The number of benzene rings is 2. The Balaban J connectivity index is 2.35. The largest absolute Gasteiger partial charge is 0.478 e. The maximum atomic E-state index is 12.2. The van der Waals surface area contributed by atoms with Crippen LogP contribution in [0.2, 0.25) is 0 Å². The highest BCUT2D eigenvalue weighted by Crippen LogP contribution is 2.31. The van der Waals surface area contributed by atoms with Crippen LogP contribution in [-0.2, 0) is 18.9 Å². The Labute approximate surface area is 211 Å². The molecular formula is C28H30O8. The van der Waals surface area contributed by atoms with Crippen molar-refractivity contribution in [1.29, 1.82) is 0 Å². The monoisotopic (exact) mass is 494 g/mol. The highest BCUT2D eigenvalue weighted by Gasteiger charge is 2.22. The van der Waals surface area contributed by atoms with E-state index in [-0.39, 0.29) is 46.6 Å². The van der Waals surface area contributed by atoms with Crippen molar-refractivity contribution in [2.75, 3.05) is 52.9 Å². The molecule has 2 N–H and O–H groups in total. The van der Waals surface area contributed by atoms with Gasteiger partial charge in [-0.1, -0.05) is 47.9 Å². The van der Waals surface area contributed by atoms with Gasteiger partial charge in [-0.2, -0.15) is 0 Å².